The molecule has 18 heavy (non-hydrogen) atoms. The van der Waals surface area contributed by atoms with Crippen molar-refractivity contribution in [2.45, 2.75) is 6.42 Å². The van der Waals surface area contributed by atoms with Gasteiger partial charge in [-0.1, -0.05) is 12.1 Å². The number of amides is 1. The van der Waals surface area contributed by atoms with Crippen LogP contribution in [-0.4, -0.2) is 18.9 Å². The van der Waals surface area contributed by atoms with Crippen molar-refractivity contribution in [2.75, 3.05) is 5.32 Å². The van der Waals surface area contributed by atoms with Crippen molar-refractivity contribution >= 4 is 27.6 Å². The molecule has 1 amide bonds. The molecule has 0 saturated carbocycles. The Morgan fingerprint density at radius 2 is 2.22 bits per heavy atom. The molecular weight excluding hydrogens is 258 g/mol. The Hall–Kier alpha value is -2.06. The van der Waals surface area contributed by atoms with Gasteiger partial charge in [0, 0.05) is 12.1 Å². The van der Waals surface area contributed by atoms with Crippen molar-refractivity contribution in [1.82, 2.24) is 0 Å². The number of anilines is 1. The average molecular weight is 269 g/mol. The van der Waals surface area contributed by atoms with Gasteiger partial charge in [-0.2, -0.15) is 8.42 Å². The van der Waals surface area contributed by atoms with Crippen molar-refractivity contribution in [2.24, 2.45) is 9.63 Å². The summed E-state index contributed by atoms with van der Waals surface area (Å²) in [5.41, 5.74) is 0.623. The number of hydrogen-bond acceptors (Lipinski definition) is 4. The lowest BCUT2D eigenvalue weighted by atomic mass is 10.2. The van der Waals surface area contributed by atoms with Gasteiger partial charge in [-0.3, -0.25) is 9.35 Å². The number of benzene rings is 1. The highest BCUT2D eigenvalue weighted by Crippen LogP contribution is 2.18. The molecule has 0 aliphatic heterocycles. The second-order valence-electron chi connectivity index (χ2n) is 3.22. The van der Waals surface area contributed by atoms with E-state index >= 15 is 0 Å². The van der Waals surface area contributed by atoms with Crippen LogP contribution in [-0.2, 0) is 15.1 Å². The smallest absolute Gasteiger partial charge is 0.326 e. The maximum atomic E-state index is 11.3. The van der Waals surface area contributed by atoms with Crippen molar-refractivity contribution in [1.29, 1.82) is 0 Å². The van der Waals surface area contributed by atoms with Crippen LogP contribution in [0.25, 0.3) is 0 Å². The van der Waals surface area contributed by atoms with Crippen molar-refractivity contribution in [3.63, 3.8) is 0 Å². The molecule has 1 aromatic carbocycles. The molecule has 0 aliphatic rings. The molecule has 0 radical (unpaired) electrons. The highest BCUT2D eigenvalue weighted by Gasteiger charge is 2.02. The number of hydrogen-bond donors (Lipinski definition) is 2. The van der Waals surface area contributed by atoms with E-state index in [4.69, 9.17) is 4.55 Å². The van der Waals surface area contributed by atoms with E-state index in [1.54, 1.807) is 12.1 Å². The largest absolute Gasteiger partial charge is 0.396 e. The first kappa shape index (κ1) is 14.0. The van der Waals surface area contributed by atoms with Crippen LogP contribution in [0, 0.1) is 0 Å². The molecule has 0 bridgehead atoms. The standard InChI is InChI=1S/C10H11N3O4S/c1-2-4-10(14)11-8-5-3-6-9(7-8)12-13-18(15,16)17/h2-3,5-7H,1,4H2,(H,11,14)(H,15,16,17). The minimum Gasteiger partial charge on any atom is -0.326 e. The maximum absolute atomic E-state index is 11.3. The second-order valence-corrected chi connectivity index (χ2v) is 4.28. The van der Waals surface area contributed by atoms with Crippen LogP contribution < -0.4 is 5.32 Å². The summed E-state index contributed by atoms with van der Waals surface area (Å²) >= 11 is 0. The molecule has 0 heterocycles. The molecular formula is C10H11N3O4S. The fraction of sp³-hybridized carbons (Fsp3) is 0.100. The zero-order valence-corrected chi connectivity index (χ0v) is 10.1. The second kappa shape index (κ2) is 6.03. The summed E-state index contributed by atoms with van der Waals surface area (Å²) in [6.45, 7) is 3.43. The van der Waals surface area contributed by atoms with Crippen molar-refractivity contribution in [3.05, 3.63) is 36.9 Å². The third-order valence-electron chi connectivity index (χ3n) is 1.72. The predicted molar refractivity (Wildman–Crippen MR) is 66.0 cm³/mol. The van der Waals surface area contributed by atoms with Gasteiger partial charge in [-0.25, -0.2) is 0 Å². The van der Waals surface area contributed by atoms with Gasteiger partial charge in [-0.15, -0.1) is 11.7 Å². The normalized spacial score (nSPS) is 11.4. The first-order valence-electron chi connectivity index (χ1n) is 4.82. The molecule has 0 atom stereocenters. The van der Waals surface area contributed by atoms with E-state index in [0.29, 0.717) is 5.69 Å². The third-order valence-corrected chi connectivity index (χ3v) is 2.01. The van der Waals surface area contributed by atoms with Gasteiger partial charge in [0.1, 0.15) is 0 Å². The summed E-state index contributed by atoms with van der Waals surface area (Å²) < 4.78 is 31.8. The Morgan fingerprint density at radius 1 is 1.50 bits per heavy atom. The highest BCUT2D eigenvalue weighted by atomic mass is 32.2. The monoisotopic (exact) mass is 269 g/mol. The van der Waals surface area contributed by atoms with Gasteiger partial charge in [0.15, 0.2) is 0 Å². The first-order chi connectivity index (χ1) is 8.40. The average Bonchev–Trinajstić information content (AvgIpc) is 2.26. The van der Waals surface area contributed by atoms with Crippen LogP contribution in [0.15, 0.2) is 46.6 Å². The fourth-order valence-electron chi connectivity index (χ4n) is 1.09. The lowest BCUT2D eigenvalue weighted by Gasteiger charge is -2.03. The predicted octanol–water partition coefficient (Wildman–Crippen LogP) is 2.09. The Labute approximate surface area is 104 Å². The van der Waals surface area contributed by atoms with Crippen molar-refractivity contribution < 1.29 is 17.8 Å². The minimum absolute atomic E-state index is 0.163. The molecule has 0 unspecified atom stereocenters. The molecule has 2 N–H and O–H groups in total. The summed E-state index contributed by atoms with van der Waals surface area (Å²) in [6.07, 6.45) is 1.62. The van der Waals surface area contributed by atoms with Gasteiger partial charge >= 0.3 is 10.3 Å². The Morgan fingerprint density at radius 3 is 2.83 bits per heavy atom. The first-order valence-corrected chi connectivity index (χ1v) is 6.21. The Bertz CT molecular complexity index is 581. The van der Waals surface area contributed by atoms with Crippen LogP contribution in [0.5, 0.6) is 0 Å². The molecule has 1 aromatic rings. The topological polar surface area (TPSA) is 108 Å². The van der Waals surface area contributed by atoms with Gasteiger partial charge in [0.05, 0.1) is 5.69 Å². The number of rotatable bonds is 5. The maximum Gasteiger partial charge on any atom is 0.396 e. The van der Waals surface area contributed by atoms with E-state index in [-0.39, 0.29) is 18.0 Å². The van der Waals surface area contributed by atoms with Crippen molar-refractivity contribution in [3.8, 4) is 0 Å². The van der Waals surface area contributed by atoms with Crippen LogP contribution in [0.4, 0.5) is 11.4 Å². The quantitative estimate of drug-likeness (QED) is 0.484. The van der Waals surface area contributed by atoms with Gasteiger partial charge in [0.2, 0.25) is 5.91 Å². The molecule has 0 aromatic heterocycles. The van der Waals surface area contributed by atoms with E-state index in [2.05, 4.69) is 21.5 Å². The molecule has 0 aliphatic carbocycles. The lowest BCUT2D eigenvalue weighted by Crippen LogP contribution is -2.09. The lowest BCUT2D eigenvalue weighted by molar-refractivity contribution is -0.115. The van der Waals surface area contributed by atoms with Crippen LogP contribution in [0.1, 0.15) is 6.42 Å². The Kier molecular flexibility index (Phi) is 4.69. The summed E-state index contributed by atoms with van der Waals surface area (Å²) in [4.78, 5) is 11.3. The zero-order valence-electron chi connectivity index (χ0n) is 9.28. The molecule has 0 spiro atoms. The zero-order chi connectivity index (χ0) is 13.6. The molecule has 0 fully saturated rings. The highest BCUT2D eigenvalue weighted by molar-refractivity contribution is 7.84. The van der Waals surface area contributed by atoms with Crippen LogP contribution in [0.2, 0.25) is 0 Å². The Balaban J connectivity index is 2.83. The SMILES string of the molecule is C=CCC(=O)Nc1cccc(N=NS(=O)(=O)O)c1. The summed E-state index contributed by atoms with van der Waals surface area (Å²) in [5.74, 6) is -0.256. The summed E-state index contributed by atoms with van der Waals surface area (Å²) in [5, 5.41) is 5.86. The van der Waals surface area contributed by atoms with Crippen LogP contribution >= 0.6 is 0 Å². The number of nitrogens with one attached hydrogen (secondary N) is 1. The third kappa shape index (κ3) is 5.32. The molecule has 1 rings (SSSR count). The van der Waals surface area contributed by atoms with E-state index < -0.39 is 10.3 Å². The van der Waals surface area contributed by atoms with E-state index in [0.717, 1.165) is 0 Å². The fourth-order valence-corrected chi connectivity index (χ4v) is 1.29. The minimum atomic E-state index is -4.51. The molecule has 96 valence electrons. The number of carbonyl (C=O) groups excluding carboxylic acids is 1. The molecule has 0 saturated heterocycles. The van der Waals surface area contributed by atoms with Gasteiger partial charge in [0.25, 0.3) is 0 Å². The van der Waals surface area contributed by atoms with Gasteiger partial charge < -0.3 is 5.32 Å². The molecule has 8 heteroatoms. The van der Waals surface area contributed by atoms with Crippen LogP contribution in [0.3, 0.4) is 0 Å². The summed E-state index contributed by atoms with van der Waals surface area (Å²) in [7, 11) is -4.51. The van der Waals surface area contributed by atoms with E-state index in [9.17, 15) is 13.2 Å². The number of carbonyl (C=O) groups is 1. The van der Waals surface area contributed by atoms with E-state index in [1.165, 1.54) is 18.2 Å². The number of nitrogens with zero attached hydrogens (tertiary/aromatic N) is 2. The van der Waals surface area contributed by atoms with E-state index in [1.807, 2.05) is 0 Å². The van der Waals surface area contributed by atoms with Gasteiger partial charge in [-0.05, 0) is 22.7 Å². The molecule has 7 nitrogen and oxygen atoms in total. The summed E-state index contributed by atoms with van der Waals surface area (Å²) in [6, 6.07) is 6.04.